The third kappa shape index (κ3) is 1.73. The Hall–Kier alpha value is -2.03. The maximum atomic E-state index is 5.08. The van der Waals surface area contributed by atoms with Gasteiger partial charge in [-0.05, 0) is 43.2 Å². The van der Waals surface area contributed by atoms with Crippen molar-refractivity contribution < 1.29 is 4.42 Å². The molecule has 0 aliphatic heterocycles. The Morgan fingerprint density at radius 3 is 2.82 bits per heavy atom. The third-order valence-corrected chi connectivity index (χ3v) is 3.17. The number of aromatic nitrogens is 2. The van der Waals surface area contributed by atoms with Gasteiger partial charge in [0, 0.05) is 5.56 Å². The zero-order valence-corrected chi connectivity index (χ0v) is 9.97. The van der Waals surface area contributed by atoms with Crippen molar-refractivity contribution in [2.75, 3.05) is 0 Å². The molecule has 0 spiro atoms. The number of furan rings is 1. The zero-order valence-electron chi connectivity index (χ0n) is 9.97. The van der Waals surface area contributed by atoms with E-state index in [-0.39, 0.29) is 0 Å². The van der Waals surface area contributed by atoms with Crippen molar-refractivity contribution in [3.05, 3.63) is 53.7 Å². The van der Waals surface area contributed by atoms with Gasteiger partial charge in [-0.2, -0.15) is 0 Å². The largest absolute Gasteiger partial charge is 0.472 e. The molecule has 1 aromatic carbocycles. The Bertz CT molecular complexity index is 650. The SMILES string of the molecule is Cc1cc2ncn(Cc3ccoc3)c2cc1C. The topological polar surface area (TPSA) is 31.0 Å². The van der Waals surface area contributed by atoms with Crippen LogP contribution in [0, 0.1) is 13.8 Å². The van der Waals surface area contributed by atoms with Crippen LogP contribution >= 0.6 is 0 Å². The van der Waals surface area contributed by atoms with Crippen LogP contribution in [0.4, 0.5) is 0 Å². The molecule has 3 aromatic rings. The first-order valence-electron chi connectivity index (χ1n) is 5.67. The summed E-state index contributed by atoms with van der Waals surface area (Å²) in [4.78, 5) is 4.43. The molecule has 3 heteroatoms. The molecule has 2 aromatic heterocycles. The molecular formula is C14H14N2O. The molecule has 2 heterocycles. The molecule has 0 radical (unpaired) electrons. The van der Waals surface area contributed by atoms with Gasteiger partial charge in [-0.15, -0.1) is 0 Å². The van der Waals surface area contributed by atoms with Gasteiger partial charge in [-0.1, -0.05) is 0 Å². The second kappa shape index (κ2) is 3.77. The molecule has 3 rings (SSSR count). The van der Waals surface area contributed by atoms with Gasteiger partial charge in [0.15, 0.2) is 0 Å². The molecule has 0 saturated heterocycles. The number of fused-ring (bicyclic) bond motifs is 1. The van der Waals surface area contributed by atoms with Crippen LogP contribution in [-0.2, 0) is 6.54 Å². The fourth-order valence-electron chi connectivity index (χ4n) is 2.02. The van der Waals surface area contributed by atoms with E-state index in [4.69, 9.17) is 4.42 Å². The summed E-state index contributed by atoms with van der Waals surface area (Å²) in [5.74, 6) is 0. The molecule has 86 valence electrons. The maximum Gasteiger partial charge on any atom is 0.0961 e. The van der Waals surface area contributed by atoms with Crippen molar-refractivity contribution in [2.45, 2.75) is 20.4 Å². The first kappa shape index (κ1) is 10.1. The van der Waals surface area contributed by atoms with Crippen LogP contribution in [0.25, 0.3) is 11.0 Å². The molecule has 0 bridgehead atoms. The van der Waals surface area contributed by atoms with Gasteiger partial charge in [0.1, 0.15) is 0 Å². The minimum Gasteiger partial charge on any atom is -0.472 e. The summed E-state index contributed by atoms with van der Waals surface area (Å²) in [5.41, 5.74) is 5.96. The second-order valence-corrected chi connectivity index (χ2v) is 4.43. The van der Waals surface area contributed by atoms with E-state index in [2.05, 4.69) is 35.5 Å². The summed E-state index contributed by atoms with van der Waals surface area (Å²) in [5, 5.41) is 0. The Balaban J connectivity index is 2.08. The summed E-state index contributed by atoms with van der Waals surface area (Å²) in [6, 6.07) is 6.31. The van der Waals surface area contributed by atoms with Crippen LogP contribution in [0.3, 0.4) is 0 Å². The first-order chi connectivity index (χ1) is 8.24. The maximum absolute atomic E-state index is 5.08. The highest BCUT2D eigenvalue weighted by molar-refractivity contribution is 5.77. The van der Waals surface area contributed by atoms with Gasteiger partial charge in [0.2, 0.25) is 0 Å². The quantitative estimate of drug-likeness (QED) is 0.671. The van der Waals surface area contributed by atoms with Crippen molar-refractivity contribution in [1.82, 2.24) is 9.55 Å². The van der Waals surface area contributed by atoms with Gasteiger partial charge in [-0.3, -0.25) is 0 Å². The van der Waals surface area contributed by atoms with E-state index in [1.165, 1.54) is 16.6 Å². The van der Waals surface area contributed by atoms with E-state index in [1.54, 1.807) is 12.5 Å². The molecule has 0 unspecified atom stereocenters. The van der Waals surface area contributed by atoms with E-state index >= 15 is 0 Å². The number of aryl methyl sites for hydroxylation is 2. The highest BCUT2D eigenvalue weighted by atomic mass is 16.3. The second-order valence-electron chi connectivity index (χ2n) is 4.43. The van der Waals surface area contributed by atoms with Crippen molar-refractivity contribution in [3.63, 3.8) is 0 Å². The van der Waals surface area contributed by atoms with Crippen molar-refractivity contribution in [2.24, 2.45) is 0 Å². The monoisotopic (exact) mass is 226 g/mol. The predicted octanol–water partition coefficient (Wildman–Crippen LogP) is 3.29. The number of rotatable bonds is 2. The standard InChI is InChI=1S/C14H14N2O/c1-10-5-13-14(6-11(10)2)16(9-15-13)7-12-3-4-17-8-12/h3-6,8-9H,7H2,1-2H3. The molecular weight excluding hydrogens is 212 g/mol. The van der Waals surface area contributed by atoms with Gasteiger partial charge in [-0.25, -0.2) is 4.98 Å². The van der Waals surface area contributed by atoms with Crippen molar-refractivity contribution >= 4 is 11.0 Å². The Labute approximate surface area is 99.7 Å². The Kier molecular flexibility index (Phi) is 2.25. The zero-order chi connectivity index (χ0) is 11.8. The van der Waals surface area contributed by atoms with Gasteiger partial charge in [0.25, 0.3) is 0 Å². The van der Waals surface area contributed by atoms with Crippen LogP contribution in [0.15, 0.2) is 41.5 Å². The van der Waals surface area contributed by atoms with Gasteiger partial charge >= 0.3 is 0 Å². The third-order valence-electron chi connectivity index (χ3n) is 3.17. The van der Waals surface area contributed by atoms with Gasteiger partial charge in [0.05, 0.1) is 36.4 Å². The fourth-order valence-corrected chi connectivity index (χ4v) is 2.02. The number of benzene rings is 1. The van der Waals surface area contributed by atoms with E-state index in [9.17, 15) is 0 Å². The van der Waals surface area contributed by atoms with Crippen molar-refractivity contribution in [3.8, 4) is 0 Å². The lowest BCUT2D eigenvalue weighted by Crippen LogP contribution is -1.96. The lowest BCUT2D eigenvalue weighted by Gasteiger charge is -2.04. The lowest BCUT2D eigenvalue weighted by molar-refractivity contribution is 0.562. The minimum atomic E-state index is 0.801. The lowest BCUT2D eigenvalue weighted by atomic mass is 10.1. The number of hydrogen-bond donors (Lipinski definition) is 0. The Morgan fingerprint density at radius 1 is 1.24 bits per heavy atom. The summed E-state index contributed by atoms with van der Waals surface area (Å²) in [6.45, 7) is 5.04. The molecule has 0 amide bonds. The first-order valence-corrected chi connectivity index (χ1v) is 5.67. The molecule has 0 aliphatic rings. The van der Waals surface area contributed by atoms with Crippen LogP contribution in [0.5, 0.6) is 0 Å². The molecule has 3 nitrogen and oxygen atoms in total. The average molecular weight is 226 g/mol. The smallest absolute Gasteiger partial charge is 0.0961 e. The van der Waals surface area contributed by atoms with Crippen LogP contribution in [-0.4, -0.2) is 9.55 Å². The molecule has 0 saturated carbocycles. The number of hydrogen-bond acceptors (Lipinski definition) is 2. The number of nitrogens with zero attached hydrogens (tertiary/aromatic N) is 2. The summed E-state index contributed by atoms with van der Waals surface area (Å²) >= 11 is 0. The van der Waals surface area contributed by atoms with Crippen LogP contribution < -0.4 is 0 Å². The molecule has 0 atom stereocenters. The molecule has 0 fully saturated rings. The highest BCUT2D eigenvalue weighted by Gasteiger charge is 2.05. The minimum absolute atomic E-state index is 0.801. The normalized spacial score (nSPS) is 11.2. The van der Waals surface area contributed by atoms with E-state index in [0.29, 0.717) is 0 Å². The Morgan fingerprint density at radius 2 is 2.06 bits per heavy atom. The summed E-state index contributed by atoms with van der Waals surface area (Å²) < 4.78 is 7.23. The van der Waals surface area contributed by atoms with E-state index < -0.39 is 0 Å². The molecule has 0 aliphatic carbocycles. The number of imidazole rings is 1. The molecule has 17 heavy (non-hydrogen) atoms. The predicted molar refractivity (Wildman–Crippen MR) is 67.0 cm³/mol. The highest BCUT2D eigenvalue weighted by Crippen LogP contribution is 2.19. The van der Waals surface area contributed by atoms with Crippen molar-refractivity contribution in [1.29, 1.82) is 0 Å². The fraction of sp³-hybridized carbons (Fsp3) is 0.214. The van der Waals surface area contributed by atoms with Gasteiger partial charge < -0.3 is 8.98 Å². The van der Waals surface area contributed by atoms with Crippen LogP contribution in [0.2, 0.25) is 0 Å². The van der Waals surface area contributed by atoms with E-state index in [1.807, 2.05) is 12.4 Å². The molecule has 0 N–H and O–H groups in total. The average Bonchev–Trinajstić information content (AvgIpc) is 2.92. The summed E-state index contributed by atoms with van der Waals surface area (Å²) in [7, 11) is 0. The summed E-state index contributed by atoms with van der Waals surface area (Å²) in [6.07, 6.45) is 5.35. The van der Waals surface area contributed by atoms with Crippen LogP contribution in [0.1, 0.15) is 16.7 Å². The van der Waals surface area contributed by atoms with E-state index in [0.717, 1.165) is 17.6 Å².